The number of fused-ring (bicyclic) bond motifs is 1. The van der Waals surface area contributed by atoms with E-state index >= 15 is 0 Å². The van der Waals surface area contributed by atoms with Gasteiger partial charge < -0.3 is 5.11 Å². The lowest BCUT2D eigenvalue weighted by molar-refractivity contribution is -0.384. The molecule has 7 nitrogen and oxygen atoms in total. The summed E-state index contributed by atoms with van der Waals surface area (Å²) in [6.07, 6.45) is 2.69. The Labute approximate surface area is 136 Å². The van der Waals surface area contributed by atoms with Crippen molar-refractivity contribution in [2.24, 2.45) is 4.99 Å². The van der Waals surface area contributed by atoms with Gasteiger partial charge in [0.1, 0.15) is 11.3 Å². The van der Waals surface area contributed by atoms with Crippen LogP contribution in [-0.2, 0) is 0 Å². The van der Waals surface area contributed by atoms with Crippen LogP contribution in [-0.4, -0.2) is 27.0 Å². The molecule has 2 aromatic carbocycles. The number of rotatable bonds is 4. The van der Waals surface area contributed by atoms with Crippen molar-refractivity contribution in [1.29, 1.82) is 0 Å². The third kappa shape index (κ3) is 2.95. The van der Waals surface area contributed by atoms with Crippen molar-refractivity contribution < 1.29 is 14.8 Å². The largest absolute Gasteiger partial charge is 0.506 e. The van der Waals surface area contributed by atoms with Crippen LogP contribution in [0.15, 0.2) is 59.7 Å². The van der Waals surface area contributed by atoms with Gasteiger partial charge in [0.2, 0.25) is 5.78 Å². The molecule has 1 heterocycles. The van der Waals surface area contributed by atoms with E-state index in [0.29, 0.717) is 22.2 Å². The number of carbonyl (C=O) groups excluding carboxylic acids is 1. The first kappa shape index (κ1) is 15.3. The molecular formula is C17H11N3O4. The van der Waals surface area contributed by atoms with Gasteiger partial charge in [-0.3, -0.25) is 24.9 Å². The number of aromatic hydroxyl groups is 1. The minimum absolute atomic E-state index is 0.0336. The van der Waals surface area contributed by atoms with Crippen LogP contribution in [0.1, 0.15) is 10.4 Å². The zero-order valence-electron chi connectivity index (χ0n) is 12.3. The molecular weight excluding hydrogens is 310 g/mol. The van der Waals surface area contributed by atoms with Crippen molar-refractivity contribution >= 4 is 34.3 Å². The monoisotopic (exact) mass is 321 g/mol. The van der Waals surface area contributed by atoms with E-state index in [4.69, 9.17) is 0 Å². The maximum Gasteiger partial charge on any atom is 0.269 e. The van der Waals surface area contributed by atoms with Gasteiger partial charge in [0.05, 0.1) is 16.8 Å². The van der Waals surface area contributed by atoms with Crippen LogP contribution in [0.25, 0.3) is 10.9 Å². The van der Waals surface area contributed by atoms with Gasteiger partial charge in [0.15, 0.2) is 0 Å². The zero-order chi connectivity index (χ0) is 17.1. The quantitative estimate of drug-likeness (QED) is 0.343. The van der Waals surface area contributed by atoms with Gasteiger partial charge in [-0.1, -0.05) is 0 Å². The summed E-state index contributed by atoms with van der Waals surface area (Å²) in [5.41, 5.74) is 1.10. The summed E-state index contributed by atoms with van der Waals surface area (Å²) in [5.74, 6) is -0.346. The maximum absolute atomic E-state index is 12.1. The Balaban J connectivity index is 1.89. The molecule has 0 aliphatic rings. The summed E-state index contributed by atoms with van der Waals surface area (Å²) < 4.78 is 0. The zero-order valence-corrected chi connectivity index (χ0v) is 12.3. The van der Waals surface area contributed by atoms with Gasteiger partial charge in [0, 0.05) is 29.3 Å². The van der Waals surface area contributed by atoms with Crippen molar-refractivity contribution in [3.63, 3.8) is 0 Å². The first-order valence-electron chi connectivity index (χ1n) is 6.96. The predicted octanol–water partition coefficient (Wildman–Crippen LogP) is 3.43. The standard InChI is InChI=1S/C17H11N3O4/c21-15-8-7-14(13-2-1-9-18-17(13)15)19-10-16(22)11-3-5-12(6-4-11)20(23)24/h1-10,21H. The number of aromatic nitrogens is 1. The minimum Gasteiger partial charge on any atom is -0.506 e. The van der Waals surface area contributed by atoms with Gasteiger partial charge >= 0.3 is 0 Å². The molecule has 0 spiro atoms. The summed E-state index contributed by atoms with van der Waals surface area (Å²) in [6, 6.07) is 11.8. The number of Topliss-reactive ketones (excluding diaryl/α,β-unsaturated/α-hetero) is 1. The van der Waals surface area contributed by atoms with Crippen molar-refractivity contribution in [2.75, 3.05) is 0 Å². The molecule has 0 fully saturated rings. The molecule has 0 atom stereocenters. The lowest BCUT2D eigenvalue weighted by Gasteiger charge is -2.03. The van der Waals surface area contributed by atoms with Crippen molar-refractivity contribution in [1.82, 2.24) is 4.98 Å². The molecule has 0 saturated carbocycles. The highest BCUT2D eigenvalue weighted by Crippen LogP contribution is 2.30. The molecule has 24 heavy (non-hydrogen) atoms. The molecule has 118 valence electrons. The molecule has 0 bridgehead atoms. The van der Waals surface area contributed by atoms with Gasteiger partial charge in [-0.05, 0) is 36.4 Å². The SMILES string of the molecule is O=C(C=Nc1ccc(O)c2ncccc12)c1ccc([N+](=O)[O-])cc1. The number of non-ortho nitro benzene ring substituents is 1. The normalized spacial score (nSPS) is 11.0. The van der Waals surface area contributed by atoms with Crippen LogP contribution in [0.5, 0.6) is 5.75 Å². The van der Waals surface area contributed by atoms with Gasteiger partial charge in [-0.2, -0.15) is 0 Å². The van der Waals surface area contributed by atoms with Crippen molar-refractivity contribution in [3.05, 3.63) is 70.4 Å². The highest BCUT2D eigenvalue weighted by Gasteiger charge is 2.09. The molecule has 0 saturated heterocycles. The van der Waals surface area contributed by atoms with Crippen LogP contribution >= 0.6 is 0 Å². The molecule has 0 aliphatic heterocycles. The van der Waals surface area contributed by atoms with E-state index in [9.17, 15) is 20.0 Å². The molecule has 7 heteroatoms. The van der Waals surface area contributed by atoms with Crippen LogP contribution in [0, 0.1) is 10.1 Å². The second-order valence-electron chi connectivity index (χ2n) is 4.93. The highest BCUT2D eigenvalue weighted by molar-refractivity contribution is 6.36. The Morgan fingerprint density at radius 1 is 1.17 bits per heavy atom. The average Bonchev–Trinajstić information content (AvgIpc) is 2.61. The minimum atomic E-state index is -0.530. The van der Waals surface area contributed by atoms with Crippen LogP contribution < -0.4 is 0 Å². The summed E-state index contributed by atoms with van der Waals surface area (Å²) in [7, 11) is 0. The number of nitro groups is 1. The highest BCUT2D eigenvalue weighted by atomic mass is 16.6. The van der Waals surface area contributed by atoms with E-state index in [2.05, 4.69) is 9.98 Å². The molecule has 3 rings (SSSR count). The number of hydrogen-bond donors (Lipinski definition) is 1. The maximum atomic E-state index is 12.1. The lowest BCUT2D eigenvalue weighted by atomic mass is 10.1. The number of nitrogens with zero attached hydrogens (tertiary/aromatic N) is 3. The second-order valence-corrected chi connectivity index (χ2v) is 4.93. The van der Waals surface area contributed by atoms with Gasteiger partial charge in [0.25, 0.3) is 5.69 Å². The van der Waals surface area contributed by atoms with E-state index in [1.807, 2.05) is 0 Å². The van der Waals surface area contributed by atoms with E-state index in [1.165, 1.54) is 30.3 Å². The molecule has 0 amide bonds. The number of phenols is 1. The molecule has 1 aromatic heterocycles. The Morgan fingerprint density at radius 3 is 2.62 bits per heavy atom. The fourth-order valence-electron chi connectivity index (χ4n) is 2.21. The number of carbonyl (C=O) groups is 1. The van der Waals surface area contributed by atoms with E-state index in [-0.39, 0.29) is 17.2 Å². The Hall–Kier alpha value is -3.61. The molecule has 3 aromatic rings. The summed E-state index contributed by atoms with van der Waals surface area (Å²) in [4.78, 5) is 30.4. The number of phenolic OH excluding ortho intramolecular Hbond substituents is 1. The first-order valence-corrected chi connectivity index (χ1v) is 6.96. The molecule has 0 unspecified atom stereocenters. The fourth-order valence-corrected chi connectivity index (χ4v) is 2.21. The average molecular weight is 321 g/mol. The van der Waals surface area contributed by atoms with Gasteiger partial charge in [-0.15, -0.1) is 0 Å². The molecule has 0 radical (unpaired) electrons. The van der Waals surface area contributed by atoms with E-state index < -0.39 is 4.92 Å². The lowest BCUT2D eigenvalue weighted by Crippen LogP contribution is -2.00. The number of pyridine rings is 1. The Morgan fingerprint density at radius 2 is 1.92 bits per heavy atom. The van der Waals surface area contributed by atoms with Crippen molar-refractivity contribution in [3.8, 4) is 5.75 Å². The fraction of sp³-hybridized carbons (Fsp3) is 0. The van der Waals surface area contributed by atoms with E-state index in [1.54, 1.807) is 24.4 Å². The Bertz CT molecular complexity index is 965. The summed E-state index contributed by atoms with van der Waals surface area (Å²) in [5, 5.41) is 21.0. The first-order chi connectivity index (χ1) is 11.6. The number of benzene rings is 2. The third-order valence-electron chi connectivity index (χ3n) is 3.41. The topological polar surface area (TPSA) is 106 Å². The van der Waals surface area contributed by atoms with Crippen LogP contribution in [0.2, 0.25) is 0 Å². The number of ketones is 1. The predicted molar refractivity (Wildman–Crippen MR) is 89.0 cm³/mol. The van der Waals surface area contributed by atoms with E-state index in [0.717, 1.165) is 6.21 Å². The van der Waals surface area contributed by atoms with Crippen LogP contribution in [0.4, 0.5) is 11.4 Å². The summed E-state index contributed by atoms with van der Waals surface area (Å²) in [6.45, 7) is 0. The molecule has 0 aliphatic carbocycles. The number of nitro benzene ring substituents is 1. The van der Waals surface area contributed by atoms with Crippen LogP contribution in [0.3, 0.4) is 0 Å². The number of aliphatic imine (C=N–C) groups is 1. The third-order valence-corrected chi connectivity index (χ3v) is 3.41. The number of hydrogen-bond acceptors (Lipinski definition) is 6. The molecule has 1 N–H and O–H groups in total. The Kier molecular flexibility index (Phi) is 3.98. The second kappa shape index (κ2) is 6.25. The smallest absolute Gasteiger partial charge is 0.269 e. The summed E-state index contributed by atoms with van der Waals surface area (Å²) >= 11 is 0. The van der Waals surface area contributed by atoms with Crippen molar-refractivity contribution in [2.45, 2.75) is 0 Å². The van der Waals surface area contributed by atoms with Gasteiger partial charge in [-0.25, -0.2) is 0 Å².